The lowest BCUT2D eigenvalue weighted by atomic mass is 10.1. The van der Waals surface area contributed by atoms with Gasteiger partial charge in [-0.1, -0.05) is 51.8 Å². The molecule has 0 aliphatic carbocycles. The number of tetrazole rings is 1. The highest BCUT2D eigenvalue weighted by Crippen LogP contribution is 2.18. The molecule has 1 unspecified atom stereocenters. The Bertz CT molecular complexity index is 907. The minimum absolute atomic E-state index is 0.00148. The van der Waals surface area contributed by atoms with E-state index < -0.39 is 0 Å². The quantitative estimate of drug-likeness (QED) is 0.619. The Morgan fingerprint density at radius 1 is 1.22 bits per heavy atom. The molecule has 27 heavy (non-hydrogen) atoms. The first-order valence-electron chi connectivity index (χ1n) is 8.92. The molecule has 3 rings (SSSR count). The zero-order valence-corrected chi connectivity index (χ0v) is 17.0. The monoisotopic (exact) mass is 427 g/mol. The van der Waals surface area contributed by atoms with E-state index in [0.717, 1.165) is 23.0 Å². The van der Waals surface area contributed by atoms with Gasteiger partial charge in [0, 0.05) is 10.9 Å². The van der Waals surface area contributed by atoms with Crippen LogP contribution in [0.15, 0.2) is 53.0 Å². The van der Waals surface area contributed by atoms with Crippen LogP contribution < -0.4 is 5.32 Å². The molecule has 1 atom stereocenters. The van der Waals surface area contributed by atoms with E-state index >= 15 is 0 Å². The fourth-order valence-electron chi connectivity index (χ4n) is 2.84. The van der Waals surface area contributed by atoms with Gasteiger partial charge in [0.25, 0.3) is 0 Å². The van der Waals surface area contributed by atoms with E-state index in [4.69, 9.17) is 0 Å². The minimum Gasteiger partial charge on any atom is -0.346 e. The maximum Gasteiger partial charge on any atom is 0.220 e. The molecule has 1 amide bonds. The summed E-state index contributed by atoms with van der Waals surface area (Å²) >= 11 is 3.45. The summed E-state index contributed by atoms with van der Waals surface area (Å²) < 4.78 is 2.58. The van der Waals surface area contributed by atoms with Gasteiger partial charge in [-0.25, -0.2) is 0 Å². The molecule has 1 N–H and O–H groups in total. The third-order valence-corrected chi connectivity index (χ3v) is 4.79. The number of carbonyl (C=O) groups is 1. The number of carbonyl (C=O) groups excluding carboxylic acids is 1. The Balaban J connectivity index is 1.56. The largest absolute Gasteiger partial charge is 0.346 e. The Morgan fingerprint density at radius 2 is 2.00 bits per heavy atom. The Kier molecular flexibility index (Phi) is 6.34. The summed E-state index contributed by atoms with van der Waals surface area (Å²) in [6.07, 6.45) is 2.16. The molecule has 1 aromatic heterocycles. The van der Waals surface area contributed by atoms with E-state index in [0.29, 0.717) is 12.2 Å². The Morgan fingerprint density at radius 3 is 2.74 bits per heavy atom. The predicted molar refractivity (Wildman–Crippen MR) is 108 cm³/mol. The highest BCUT2D eigenvalue weighted by atomic mass is 79.9. The van der Waals surface area contributed by atoms with Crippen LogP contribution in [0.1, 0.15) is 42.8 Å². The van der Waals surface area contributed by atoms with Crippen molar-refractivity contribution in [3.8, 4) is 5.69 Å². The van der Waals surface area contributed by atoms with E-state index in [-0.39, 0.29) is 11.9 Å². The summed E-state index contributed by atoms with van der Waals surface area (Å²) in [5.74, 6) is 0.596. The number of nitrogens with zero attached hydrogens (tertiary/aromatic N) is 4. The molecule has 0 aliphatic heterocycles. The van der Waals surface area contributed by atoms with Gasteiger partial charge >= 0.3 is 0 Å². The van der Waals surface area contributed by atoms with E-state index in [2.05, 4.69) is 68.0 Å². The second kappa shape index (κ2) is 8.90. The molecular weight excluding hydrogens is 406 g/mol. The first kappa shape index (κ1) is 19.2. The number of rotatable bonds is 7. The van der Waals surface area contributed by atoms with Crippen LogP contribution in [-0.4, -0.2) is 26.1 Å². The fraction of sp³-hybridized carbons (Fsp3) is 0.300. The van der Waals surface area contributed by atoms with Crippen molar-refractivity contribution in [2.24, 2.45) is 0 Å². The SMILES string of the molecule is Cc1ccc(CCCC(=O)NC(C)c2nnnn2-c2cccc(Br)c2)cc1. The van der Waals surface area contributed by atoms with E-state index in [1.807, 2.05) is 31.2 Å². The van der Waals surface area contributed by atoms with Crippen molar-refractivity contribution < 1.29 is 4.79 Å². The van der Waals surface area contributed by atoms with Crippen molar-refractivity contribution >= 4 is 21.8 Å². The van der Waals surface area contributed by atoms with Crippen molar-refractivity contribution in [2.75, 3.05) is 0 Å². The summed E-state index contributed by atoms with van der Waals surface area (Å²) in [6.45, 7) is 3.96. The normalized spacial score (nSPS) is 12.0. The number of aryl methyl sites for hydroxylation is 2. The van der Waals surface area contributed by atoms with Crippen LogP contribution in [0.4, 0.5) is 0 Å². The van der Waals surface area contributed by atoms with Gasteiger partial charge in [-0.2, -0.15) is 4.68 Å². The van der Waals surface area contributed by atoms with Gasteiger partial charge in [0.1, 0.15) is 0 Å². The zero-order chi connectivity index (χ0) is 19.2. The number of halogens is 1. The van der Waals surface area contributed by atoms with Gasteiger partial charge in [-0.05, 0) is 60.9 Å². The molecule has 1 heterocycles. The highest BCUT2D eigenvalue weighted by Gasteiger charge is 2.17. The molecule has 2 aromatic carbocycles. The molecule has 0 saturated carbocycles. The molecule has 3 aromatic rings. The Hall–Kier alpha value is -2.54. The summed E-state index contributed by atoms with van der Waals surface area (Å²) in [7, 11) is 0. The molecule has 0 fully saturated rings. The third-order valence-electron chi connectivity index (χ3n) is 4.30. The number of amides is 1. The van der Waals surface area contributed by atoms with Crippen LogP contribution in [0.5, 0.6) is 0 Å². The second-order valence-corrected chi connectivity index (χ2v) is 7.47. The number of aromatic nitrogens is 4. The molecular formula is C20H22BrN5O. The molecule has 140 valence electrons. The zero-order valence-electron chi connectivity index (χ0n) is 15.4. The number of nitrogens with one attached hydrogen (secondary N) is 1. The highest BCUT2D eigenvalue weighted by molar-refractivity contribution is 9.10. The third kappa shape index (κ3) is 5.23. The lowest BCUT2D eigenvalue weighted by Crippen LogP contribution is -2.28. The van der Waals surface area contributed by atoms with Crippen LogP contribution in [0.3, 0.4) is 0 Å². The van der Waals surface area contributed by atoms with Crippen molar-refractivity contribution in [3.05, 3.63) is 70.0 Å². The van der Waals surface area contributed by atoms with Gasteiger partial charge in [-0.3, -0.25) is 4.79 Å². The van der Waals surface area contributed by atoms with Crippen molar-refractivity contribution in [2.45, 2.75) is 39.2 Å². The second-order valence-electron chi connectivity index (χ2n) is 6.56. The minimum atomic E-state index is -0.286. The first-order valence-corrected chi connectivity index (χ1v) is 9.71. The van der Waals surface area contributed by atoms with Crippen LogP contribution in [0, 0.1) is 6.92 Å². The number of hydrogen-bond donors (Lipinski definition) is 1. The molecule has 0 bridgehead atoms. The molecule has 0 saturated heterocycles. The van der Waals surface area contributed by atoms with E-state index in [1.165, 1.54) is 11.1 Å². The van der Waals surface area contributed by atoms with Crippen molar-refractivity contribution in [1.29, 1.82) is 0 Å². The molecule has 6 nitrogen and oxygen atoms in total. The fourth-order valence-corrected chi connectivity index (χ4v) is 3.23. The lowest BCUT2D eigenvalue weighted by Gasteiger charge is -2.14. The van der Waals surface area contributed by atoms with Gasteiger partial charge in [-0.15, -0.1) is 5.10 Å². The van der Waals surface area contributed by atoms with E-state index in [9.17, 15) is 4.79 Å². The lowest BCUT2D eigenvalue weighted by molar-refractivity contribution is -0.121. The van der Waals surface area contributed by atoms with Crippen molar-refractivity contribution in [3.63, 3.8) is 0 Å². The molecule has 0 radical (unpaired) electrons. The van der Waals surface area contributed by atoms with Gasteiger partial charge in [0.05, 0.1) is 11.7 Å². The van der Waals surface area contributed by atoms with Crippen LogP contribution >= 0.6 is 15.9 Å². The average molecular weight is 428 g/mol. The molecule has 7 heteroatoms. The number of benzene rings is 2. The van der Waals surface area contributed by atoms with Crippen LogP contribution in [-0.2, 0) is 11.2 Å². The molecule has 0 aliphatic rings. The summed E-state index contributed by atoms with van der Waals surface area (Å²) in [4.78, 5) is 12.3. The van der Waals surface area contributed by atoms with Crippen molar-refractivity contribution in [1.82, 2.24) is 25.5 Å². The first-order chi connectivity index (χ1) is 13.0. The molecule has 0 spiro atoms. The van der Waals surface area contributed by atoms with Gasteiger partial charge in [0.2, 0.25) is 5.91 Å². The summed E-state index contributed by atoms with van der Waals surface area (Å²) in [5.41, 5.74) is 3.33. The standard InChI is InChI=1S/C20H22BrN5O/c1-14-9-11-16(12-10-14)5-3-8-19(27)22-15(2)20-23-24-25-26(20)18-7-4-6-17(21)13-18/h4,6-7,9-13,15H,3,5,8H2,1-2H3,(H,22,27). The smallest absolute Gasteiger partial charge is 0.220 e. The van der Waals surface area contributed by atoms with Gasteiger partial charge < -0.3 is 5.32 Å². The topological polar surface area (TPSA) is 72.7 Å². The Labute approximate surface area is 167 Å². The maximum atomic E-state index is 12.3. The summed E-state index contributed by atoms with van der Waals surface area (Å²) in [5, 5.41) is 14.9. The van der Waals surface area contributed by atoms with Crippen LogP contribution in [0.25, 0.3) is 5.69 Å². The summed E-state index contributed by atoms with van der Waals surface area (Å²) in [6, 6.07) is 15.8. The maximum absolute atomic E-state index is 12.3. The predicted octanol–water partition coefficient (Wildman–Crippen LogP) is 3.93. The number of hydrogen-bond acceptors (Lipinski definition) is 4. The van der Waals surface area contributed by atoms with E-state index in [1.54, 1.807) is 4.68 Å². The van der Waals surface area contributed by atoms with Gasteiger partial charge in [0.15, 0.2) is 5.82 Å². The van der Waals surface area contributed by atoms with Crippen LogP contribution in [0.2, 0.25) is 0 Å². The average Bonchev–Trinajstić information content (AvgIpc) is 3.13.